The molecule has 2 nitrogen and oxygen atoms in total. The van der Waals surface area contributed by atoms with Crippen LogP contribution in [0.3, 0.4) is 0 Å². The summed E-state index contributed by atoms with van der Waals surface area (Å²) >= 11 is 0. The molecule has 0 aromatic heterocycles. The van der Waals surface area contributed by atoms with Gasteiger partial charge in [-0.3, -0.25) is 4.48 Å². The monoisotopic (exact) mass is 270 g/mol. The summed E-state index contributed by atoms with van der Waals surface area (Å²) in [5, 5.41) is 0. The first-order valence-corrected chi connectivity index (χ1v) is 7.28. The Morgan fingerprint density at radius 3 is 1.95 bits per heavy atom. The average Bonchev–Trinajstić information content (AvgIpc) is 2.54. The Labute approximate surface area is 122 Å². The lowest BCUT2D eigenvalue weighted by molar-refractivity contribution is 0.292. The average molecular weight is 270 g/mol. The number of hydrogen-bond acceptors (Lipinski definition) is 1. The highest BCUT2D eigenvalue weighted by Crippen LogP contribution is 2.26. The second-order valence-electron chi connectivity index (χ2n) is 5.12. The van der Waals surface area contributed by atoms with Gasteiger partial charge in [0.2, 0.25) is 0 Å². The van der Waals surface area contributed by atoms with Crippen LogP contribution in [-0.4, -0.2) is 20.2 Å². The Balaban J connectivity index is 2.29. The highest BCUT2D eigenvalue weighted by atomic mass is 16.5. The van der Waals surface area contributed by atoms with Crippen molar-refractivity contribution in [3.8, 4) is 5.75 Å². The Morgan fingerprint density at radius 1 is 0.850 bits per heavy atom. The van der Waals surface area contributed by atoms with Crippen LogP contribution in [0.15, 0.2) is 54.6 Å². The molecule has 2 aromatic carbocycles. The molecule has 0 aliphatic rings. The lowest BCUT2D eigenvalue weighted by atomic mass is 10.1. The van der Waals surface area contributed by atoms with Gasteiger partial charge in [-0.1, -0.05) is 18.2 Å². The zero-order chi connectivity index (χ0) is 14.4. The van der Waals surface area contributed by atoms with Crippen LogP contribution >= 0.6 is 0 Å². The van der Waals surface area contributed by atoms with Gasteiger partial charge < -0.3 is 4.74 Å². The van der Waals surface area contributed by atoms with Gasteiger partial charge in [-0.25, -0.2) is 0 Å². The van der Waals surface area contributed by atoms with Crippen molar-refractivity contribution < 1.29 is 4.74 Å². The van der Waals surface area contributed by atoms with Crippen molar-refractivity contribution in [2.24, 2.45) is 0 Å². The Bertz CT molecular complexity index is 515. The van der Waals surface area contributed by atoms with Crippen LogP contribution in [0.5, 0.6) is 5.75 Å². The van der Waals surface area contributed by atoms with Gasteiger partial charge >= 0.3 is 0 Å². The number of hydrogen-bond donors (Lipinski definition) is 0. The van der Waals surface area contributed by atoms with Crippen LogP contribution in [0, 0.1) is 0 Å². The number of para-hydroxylation sites is 1. The highest BCUT2D eigenvalue weighted by molar-refractivity contribution is 5.43. The molecule has 2 rings (SSSR count). The quantitative estimate of drug-likeness (QED) is 0.713. The third-order valence-corrected chi connectivity index (χ3v) is 4.16. The Kier molecular flexibility index (Phi) is 4.80. The zero-order valence-electron chi connectivity index (χ0n) is 12.7. The van der Waals surface area contributed by atoms with E-state index in [2.05, 4.69) is 56.3 Å². The molecule has 106 valence electrons. The van der Waals surface area contributed by atoms with Gasteiger partial charge in [-0.15, -0.1) is 0 Å². The standard InChI is InChI=1S/C18H24NO/c1-4-19(5-2,17-9-7-6-8-10-17)15-16-11-13-18(20-3)14-12-16/h6-14H,4-5,15H2,1-3H3/q+1. The molecule has 0 fully saturated rings. The SMILES string of the molecule is CC[N+](CC)(Cc1ccc(OC)cc1)c1ccccc1. The van der Waals surface area contributed by atoms with Gasteiger partial charge in [0.05, 0.1) is 20.2 Å². The maximum atomic E-state index is 5.23. The number of benzene rings is 2. The number of rotatable bonds is 6. The maximum Gasteiger partial charge on any atom is 0.133 e. The Morgan fingerprint density at radius 2 is 1.45 bits per heavy atom. The normalized spacial score (nSPS) is 11.3. The minimum Gasteiger partial charge on any atom is -0.497 e. The summed E-state index contributed by atoms with van der Waals surface area (Å²) in [6.07, 6.45) is 0. The summed E-state index contributed by atoms with van der Waals surface area (Å²) in [6.45, 7) is 7.72. The summed E-state index contributed by atoms with van der Waals surface area (Å²) in [6, 6.07) is 19.2. The predicted molar refractivity (Wildman–Crippen MR) is 86.0 cm³/mol. The largest absolute Gasteiger partial charge is 0.497 e. The first kappa shape index (κ1) is 14.6. The van der Waals surface area contributed by atoms with Crippen LogP contribution in [0.1, 0.15) is 19.4 Å². The fraction of sp³-hybridized carbons (Fsp3) is 0.333. The van der Waals surface area contributed by atoms with Crippen LogP contribution < -0.4 is 9.22 Å². The summed E-state index contributed by atoms with van der Waals surface area (Å²) in [5.41, 5.74) is 2.73. The summed E-state index contributed by atoms with van der Waals surface area (Å²) < 4.78 is 6.21. The van der Waals surface area contributed by atoms with E-state index < -0.39 is 0 Å². The molecule has 2 heteroatoms. The molecule has 0 saturated heterocycles. The Hall–Kier alpha value is -1.80. The number of quaternary nitrogens is 1. The van der Waals surface area contributed by atoms with Crippen molar-refractivity contribution in [2.45, 2.75) is 20.4 Å². The first-order chi connectivity index (χ1) is 9.74. The summed E-state index contributed by atoms with van der Waals surface area (Å²) in [5.74, 6) is 0.916. The first-order valence-electron chi connectivity index (χ1n) is 7.28. The molecule has 0 radical (unpaired) electrons. The van der Waals surface area contributed by atoms with Crippen molar-refractivity contribution in [3.05, 3.63) is 60.2 Å². The minimum atomic E-state index is 0.916. The van der Waals surface area contributed by atoms with Crippen LogP contribution in [-0.2, 0) is 6.54 Å². The molecular formula is C18H24NO+. The molecular weight excluding hydrogens is 246 g/mol. The molecule has 0 aliphatic carbocycles. The van der Waals surface area contributed by atoms with E-state index in [9.17, 15) is 0 Å². The molecule has 0 saturated carbocycles. The third kappa shape index (κ3) is 3.02. The number of ether oxygens (including phenoxy) is 1. The molecule has 0 unspecified atom stereocenters. The fourth-order valence-corrected chi connectivity index (χ4v) is 2.73. The molecule has 0 atom stereocenters. The second-order valence-corrected chi connectivity index (χ2v) is 5.12. The van der Waals surface area contributed by atoms with E-state index in [0.717, 1.165) is 29.9 Å². The lowest BCUT2D eigenvalue weighted by Crippen LogP contribution is -2.48. The molecule has 0 N–H and O–H groups in total. The molecule has 2 aromatic rings. The van der Waals surface area contributed by atoms with Crippen molar-refractivity contribution in [3.63, 3.8) is 0 Å². The topological polar surface area (TPSA) is 9.23 Å². The smallest absolute Gasteiger partial charge is 0.133 e. The fourth-order valence-electron chi connectivity index (χ4n) is 2.73. The predicted octanol–water partition coefficient (Wildman–Crippen LogP) is 4.24. The molecule has 0 spiro atoms. The van der Waals surface area contributed by atoms with E-state index in [1.807, 2.05) is 12.1 Å². The van der Waals surface area contributed by atoms with Crippen molar-refractivity contribution in [1.82, 2.24) is 4.48 Å². The van der Waals surface area contributed by atoms with E-state index in [-0.39, 0.29) is 0 Å². The second kappa shape index (κ2) is 6.58. The molecule has 0 amide bonds. The van der Waals surface area contributed by atoms with E-state index in [0.29, 0.717) is 0 Å². The van der Waals surface area contributed by atoms with Crippen molar-refractivity contribution in [2.75, 3.05) is 20.2 Å². The molecule has 0 heterocycles. The third-order valence-electron chi connectivity index (χ3n) is 4.16. The van der Waals surface area contributed by atoms with Gasteiger partial charge in [-0.2, -0.15) is 0 Å². The zero-order valence-corrected chi connectivity index (χ0v) is 12.7. The molecule has 20 heavy (non-hydrogen) atoms. The van der Waals surface area contributed by atoms with E-state index in [1.165, 1.54) is 11.3 Å². The van der Waals surface area contributed by atoms with Crippen molar-refractivity contribution >= 4 is 5.69 Å². The summed E-state index contributed by atoms with van der Waals surface area (Å²) in [7, 11) is 1.71. The molecule has 0 aliphatic heterocycles. The van der Waals surface area contributed by atoms with E-state index in [4.69, 9.17) is 4.74 Å². The van der Waals surface area contributed by atoms with Gasteiger partial charge in [0, 0.05) is 5.56 Å². The van der Waals surface area contributed by atoms with Gasteiger partial charge in [0.1, 0.15) is 18.0 Å². The molecule has 0 bridgehead atoms. The minimum absolute atomic E-state index is 0.916. The van der Waals surface area contributed by atoms with E-state index in [1.54, 1.807) is 7.11 Å². The highest BCUT2D eigenvalue weighted by Gasteiger charge is 2.26. The lowest BCUT2D eigenvalue weighted by Gasteiger charge is -2.36. The van der Waals surface area contributed by atoms with Crippen LogP contribution in [0.25, 0.3) is 0 Å². The maximum absolute atomic E-state index is 5.23. The van der Waals surface area contributed by atoms with Crippen molar-refractivity contribution in [1.29, 1.82) is 0 Å². The van der Waals surface area contributed by atoms with Crippen LogP contribution in [0.2, 0.25) is 0 Å². The van der Waals surface area contributed by atoms with Gasteiger partial charge in [0.15, 0.2) is 0 Å². The van der Waals surface area contributed by atoms with E-state index >= 15 is 0 Å². The number of methoxy groups -OCH3 is 1. The van der Waals surface area contributed by atoms with Crippen LogP contribution in [0.4, 0.5) is 5.69 Å². The van der Waals surface area contributed by atoms with Gasteiger partial charge in [0.25, 0.3) is 0 Å². The number of nitrogens with zero attached hydrogens (tertiary/aromatic N) is 1. The summed E-state index contributed by atoms with van der Waals surface area (Å²) in [4.78, 5) is 0. The van der Waals surface area contributed by atoms with Gasteiger partial charge in [-0.05, 0) is 50.2 Å².